The molecule has 1 aliphatic heterocycles. The average molecular weight is 775 g/mol. The zero-order valence-corrected chi connectivity index (χ0v) is 33.1. The third-order valence-corrected chi connectivity index (χ3v) is 11.0. The van der Waals surface area contributed by atoms with Crippen molar-refractivity contribution >= 4 is 64.2 Å². The molecular formula is C36H48ClN6O7PS. The molecule has 0 unspecified atom stereocenters. The number of methoxy groups -OCH3 is 1. The van der Waals surface area contributed by atoms with Gasteiger partial charge < -0.3 is 29.9 Å². The van der Waals surface area contributed by atoms with Gasteiger partial charge in [-0.15, -0.1) is 11.3 Å². The zero-order valence-electron chi connectivity index (χ0n) is 30.6. The molecule has 5 rings (SSSR count). The van der Waals surface area contributed by atoms with Gasteiger partial charge in [0, 0.05) is 45.8 Å². The number of phosphoric ester groups is 1. The van der Waals surface area contributed by atoms with Crippen molar-refractivity contribution in [1.29, 1.82) is 0 Å². The molecule has 0 radical (unpaired) electrons. The van der Waals surface area contributed by atoms with Crippen molar-refractivity contribution in [1.82, 2.24) is 19.9 Å². The van der Waals surface area contributed by atoms with E-state index in [1.165, 1.54) is 17.7 Å². The first kappa shape index (κ1) is 39.8. The number of aromatic nitrogens is 3. The number of rotatable bonds is 14. The summed E-state index contributed by atoms with van der Waals surface area (Å²) in [5, 5.41) is 7.91. The molecule has 1 amide bonds. The average Bonchev–Trinajstić information content (AvgIpc) is 3.69. The van der Waals surface area contributed by atoms with Crippen LogP contribution in [0.15, 0.2) is 48.9 Å². The maximum absolute atomic E-state index is 12.6. The summed E-state index contributed by atoms with van der Waals surface area (Å²) < 4.78 is 30.1. The lowest BCUT2D eigenvalue weighted by atomic mass is 9.58. The summed E-state index contributed by atoms with van der Waals surface area (Å²) in [6.45, 7) is 13.8. The molecule has 1 saturated heterocycles. The number of ether oxygens (including phenoxy) is 2. The molecule has 1 fully saturated rings. The second-order valence-electron chi connectivity index (χ2n) is 14.9. The van der Waals surface area contributed by atoms with Gasteiger partial charge in [-0.05, 0) is 60.9 Å². The van der Waals surface area contributed by atoms with Gasteiger partial charge in [0.15, 0.2) is 16.6 Å². The topological polar surface area (TPSA) is 168 Å². The summed E-state index contributed by atoms with van der Waals surface area (Å²) in [5.74, 6) is 1.39. The van der Waals surface area contributed by atoms with E-state index >= 15 is 0 Å². The van der Waals surface area contributed by atoms with Crippen LogP contribution in [0.1, 0.15) is 65.7 Å². The van der Waals surface area contributed by atoms with Crippen LogP contribution in [0.25, 0.3) is 10.9 Å². The van der Waals surface area contributed by atoms with Crippen LogP contribution in [0.4, 0.5) is 16.6 Å². The molecule has 16 heteroatoms. The van der Waals surface area contributed by atoms with Gasteiger partial charge in [0.25, 0.3) is 0 Å². The number of hydrogen-bond acceptors (Lipinski definition) is 11. The Labute approximate surface area is 313 Å². The lowest BCUT2D eigenvalue weighted by Crippen LogP contribution is -2.65. The zero-order chi connectivity index (χ0) is 37.9. The smallest absolute Gasteiger partial charge is 0.470 e. The van der Waals surface area contributed by atoms with Gasteiger partial charge in [0.2, 0.25) is 5.91 Å². The van der Waals surface area contributed by atoms with E-state index in [0.29, 0.717) is 63.6 Å². The van der Waals surface area contributed by atoms with Crippen LogP contribution in [0.2, 0.25) is 5.02 Å². The number of likely N-dealkylation sites (tertiary alicyclic amines) is 1. The highest BCUT2D eigenvalue weighted by Gasteiger charge is 2.61. The van der Waals surface area contributed by atoms with Crippen LogP contribution in [0, 0.1) is 10.8 Å². The molecule has 4 aromatic rings. The summed E-state index contributed by atoms with van der Waals surface area (Å²) in [6.07, 6.45) is 5.60. The predicted octanol–water partition coefficient (Wildman–Crippen LogP) is 7.85. The number of halogens is 1. The van der Waals surface area contributed by atoms with Crippen LogP contribution >= 0.6 is 30.8 Å². The summed E-state index contributed by atoms with van der Waals surface area (Å²) in [5.41, 5.74) is -0.989. The van der Waals surface area contributed by atoms with Gasteiger partial charge in [0.05, 0.1) is 25.7 Å². The minimum atomic E-state index is -4.80. The summed E-state index contributed by atoms with van der Waals surface area (Å²) in [7, 11) is -3.23. The van der Waals surface area contributed by atoms with Gasteiger partial charge in [-0.3, -0.25) is 14.2 Å². The first-order chi connectivity index (χ1) is 24.4. The van der Waals surface area contributed by atoms with E-state index in [9.17, 15) is 19.1 Å². The van der Waals surface area contributed by atoms with Crippen molar-refractivity contribution in [3.05, 3.63) is 58.8 Å². The molecule has 13 nitrogen and oxygen atoms in total. The van der Waals surface area contributed by atoms with E-state index in [2.05, 4.69) is 30.5 Å². The SMILES string of the molecule is COc1cc2c(Nc3ncc(CC(=O)Nc4cccc(Cl)c4)s3)ncnc2cc1OCCCN1CCC[C@@H]1C(OP(=O)(O)O)(C(C)(C)C)C(C)(C)C. The molecule has 0 aliphatic carbocycles. The Morgan fingerprint density at radius 3 is 2.50 bits per heavy atom. The Hall–Kier alpha value is -3.36. The van der Waals surface area contributed by atoms with Crippen molar-refractivity contribution in [3.8, 4) is 11.5 Å². The number of fused-ring (bicyclic) bond motifs is 1. The monoisotopic (exact) mass is 774 g/mol. The maximum Gasteiger partial charge on any atom is 0.470 e. The van der Waals surface area contributed by atoms with E-state index in [-0.39, 0.29) is 18.4 Å². The van der Waals surface area contributed by atoms with Crippen molar-refractivity contribution < 1.29 is 33.1 Å². The van der Waals surface area contributed by atoms with Gasteiger partial charge in [0.1, 0.15) is 17.7 Å². The van der Waals surface area contributed by atoms with Gasteiger partial charge in [-0.2, -0.15) is 0 Å². The van der Waals surface area contributed by atoms with Crippen LogP contribution in [0.5, 0.6) is 11.5 Å². The van der Waals surface area contributed by atoms with Gasteiger partial charge in [-0.1, -0.05) is 59.2 Å². The normalized spacial score (nSPS) is 15.9. The number of nitrogens with zero attached hydrogens (tertiary/aromatic N) is 4. The number of hydrogen-bond donors (Lipinski definition) is 4. The van der Waals surface area contributed by atoms with Crippen molar-refractivity contribution in [2.45, 2.75) is 78.9 Å². The molecule has 52 heavy (non-hydrogen) atoms. The van der Waals surface area contributed by atoms with E-state index in [0.717, 1.165) is 24.3 Å². The maximum atomic E-state index is 12.6. The molecule has 2 aromatic heterocycles. The lowest BCUT2D eigenvalue weighted by Gasteiger charge is -2.57. The lowest BCUT2D eigenvalue weighted by molar-refractivity contribution is -0.168. The molecule has 2 aromatic carbocycles. The Balaban J connectivity index is 1.24. The number of nitrogens with one attached hydrogen (secondary N) is 2. The molecule has 1 aliphatic rings. The number of anilines is 3. The number of phosphoric acid groups is 1. The number of thiazole rings is 1. The second-order valence-corrected chi connectivity index (χ2v) is 17.7. The number of benzene rings is 2. The van der Waals surface area contributed by atoms with Gasteiger partial charge >= 0.3 is 7.82 Å². The molecule has 0 saturated carbocycles. The van der Waals surface area contributed by atoms with E-state index in [4.69, 9.17) is 25.6 Å². The Bertz CT molecular complexity index is 1910. The largest absolute Gasteiger partial charge is 0.493 e. The molecule has 1 atom stereocenters. The highest BCUT2D eigenvalue weighted by atomic mass is 35.5. The van der Waals surface area contributed by atoms with Crippen LogP contribution in [0.3, 0.4) is 0 Å². The highest BCUT2D eigenvalue weighted by molar-refractivity contribution is 7.46. The Kier molecular flexibility index (Phi) is 12.2. The summed E-state index contributed by atoms with van der Waals surface area (Å²) >= 11 is 7.37. The Morgan fingerprint density at radius 1 is 1.08 bits per heavy atom. The van der Waals surface area contributed by atoms with E-state index in [1.807, 2.05) is 53.7 Å². The first-order valence-electron chi connectivity index (χ1n) is 17.1. The Morgan fingerprint density at radius 2 is 1.83 bits per heavy atom. The van der Waals surface area contributed by atoms with Crippen molar-refractivity contribution in [3.63, 3.8) is 0 Å². The first-order valence-corrected chi connectivity index (χ1v) is 19.9. The molecule has 0 bridgehead atoms. The van der Waals surface area contributed by atoms with Gasteiger partial charge in [-0.25, -0.2) is 19.5 Å². The minimum Gasteiger partial charge on any atom is -0.493 e. The molecule has 282 valence electrons. The third-order valence-electron chi connectivity index (χ3n) is 9.31. The fourth-order valence-corrected chi connectivity index (χ4v) is 9.61. The number of amides is 1. The van der Waals surface area contributed by atoms with Crippen molar-refractivity contribution in [2.75, 3.05) is 37.4 Å². The van der Waals surface area contributed by atoms with Crippen LogP contribution < -0.4 is 20.1 Å². The molecule has 3 heterocycles. The summed E-state index contributed by atoms with van der Waals surface area (Å²) in [4.78, 5) is 49.1. The highest BCUT2D eigenvalue weighted by Crippen LogP contribution is 2.59. The summed E-state index contributed by atoms with van der Waals surface area (Å²) in [6, 6.07) is 10.4. The van der Waals surface area contributed by atoms with E-state index < -0.39 is 24.3 Å². The second kappa shape index (κ2) is 15.9. The fraction of sp³-hybridized carbons (Fsp3) is 0.500. The standard InChI is InChI=1S/C36H48ClN6O7PS/c1-34(2,3)36(35(4,5)6,50-51(45,46)47)30-13-9-14-43(30)15-10-16-49-29-20-27-26(19-28(29)48-7)32(40-22-39-27)42-33-38-21-25(52-33)18-31(44)41-24-12-8-11-23(37)17-24/h8,11-12,17,19-22,30H,9-10,13-16,18H2,1-7H3,(H,41,44)(H2,45,46,47)(H,38,39,40,42)/t30-/m1/s1. The quantitative estimate of drug-likeness (QED) is 0.0725. The fourth-order valence-electron chi connectivity index (χ4n) is 7.56. The van der Waals surface area contributed by atoms with Crippen molar-refractivity contribution in [2.24, 2.45) is 10.8 Å². The molecule has 0 spiro atoms. The number of carbonyl (C=O) groups excluding carboxylic acids is 1. The molecular weight excluding hydrogens is 727 g/mol. The van der Waals surface area contributed by atoms with Crippen LogP contribution in [-0.2, 0) is 20.3 Å². The number of carbonyl (C=O) groups is 1. The molecule has 4 N–H and O–H groups in total. The van der Waals surface area contributed by atoms with E-state index in [1.54, 1.807) is 37.6 Å². The minimum absolute atomic E-state index is 0.151. The third kappa shape index (κ3) is 9.22. The predicted molar refractivity (Wildman–Crippen MR) is 205 cm³/mol. The van der Waals surface area contributed by atoms with Crippen LogP contribution in [-0.4, -0.2) is 74.0 Å².